The third kappa shape index (κ3) is 8.17. The molecule has 1 heterocycles. The van der Waals surface area contributed by atoms with Crippen LogP contribution in [0.25, 0.3) is 0 Å². The Morgan fingerprint density at radius 1 is 1.19 bits per heavy atom. The van der Waals surface area contributed by atoms with Crippen LogP contribution in [0.2, 0.25) is 0 Å². The Morgan fingerprint density at radius 3 is 2.39 bits per heavy atom. The van der Waals surface area contributed by atoms with Crippen LogP contribution < -0.4 is 15.4 Å². The van der Waals surface area contributed by atoms with Crippen LogP contribution in [0.15, 0.2) is 35.9 Å². The van der Waals surface area contributed by atoms with Gasteiger partial charge in [0.25, 0.3) is 0 Å². The first-order valence-corrected chi connectivity index (χ1v) is 10.8. The second-order valence-electron chi connectivity index (χ2n) is 8.11. The molecule has 1 aliphatic heterocycles. The van der Waals surface area contributed by atoms with Gasteiger partial charge in [0.05, 0.1) is 26.3 Å². The highest BCUT2D eigenvalue weighted by Crippen LogP contribution is 2.31. The summed E-state index contributed by atoms with van der Waals surface area (Å²) in [6.45, 7) is 5.82. The Bertz CT molecular complexity index is 797. The number of hydrogen-bond donors (Lipinski definition) is 2. The zero-order chi connectivity index (χ0) is 22.9. The van der Waals surface area contributed by atoms with Crippen molar-refractivity contribution in [2.45, 2.75) is 64.5 Å². The number of carbonyl (C=O) groups is 3. The van der Waals surface area contributed by atoms with Crippen LogP contribution in [0.5, 0.6) is 5.75 Å². The minimum atomic E-state index is -0.760. The SMILES string of the molecule is CCC(=O)NCC(=O)NC(CC1=CCCC1)C(=O)C1(C)CO1.COc1ccc(C)cc1. The summed E-state index contributed by atoms with van der Waals surface area (Å²) >= 11 is 0. The van der Waals surface area contributed by atoms with Crippen molar-refractivity contribution in [3.8, 4) is 5.75 Å². The van der Waals surface area contributed by atoms with E-state index in [-0.39, 0.29) is 24.1 Å². The van der Waals surface area contributed by atoms with Crippen LogP contribution in [0.1, 0.15) is 51.5 Å². The van der Waals surface area contributed by atoms with Crippen LogP contribution in [0, 0.1) is 6.92 Å². The first kappa shape index (κ1) is 24.6. The quantitative estimate of drug-likeness (QED) is 0.464. The molecule has 2 atom stereocenters. The van der Waals surface area contributed by atoms with Crippen LogP contribution in [-0.2, 0) is 19.1 Å². The monoisotopic (exact) mass is 430 g/mol. The topological polar surface area (TPSA) is 97.0 Å². The van der Waals surface area contributed by atoms with Gasteiger partial charge in [-0.05, 0) is 51.7 Å². The summed E-state index contributed by atoms with van der Waals surface area (Å²) in [5.74, 6) is 0.299. The molecule has 0 radical (unpaired) electrons. The molecule has 7 nitrogen and oxygen atoms in total. The number of ketones is 1. The van der Waals surface area contributed by atoms with E-state index in [4.69, 9.17) is 9.47 Å². The van der Waals surface area contributed by atoms with Crippen LogP contribution >= 0.6 is 0 Å². The zero-order valence-corrected chi connectivity index (χ0v) is 19.0. The van der Waals surface area contributed by atoms with E-state index in [1.54, 1.807) is 21.0 Å². The Kier molecular flexibility index (Phi) is 9.24. The number of amides is 2. The molecule has 31 heavy (non-hydrogen) atoms. The number of aryl methyl sites for hydroxylation is 1. The summed E-state index contributed by atoms with van der Waals surface area (Å²) in [6, 6.07) is 7.38. The smallest absolute Gasteiger partial charge is 0.239 e. The maximum Gasteiger partial charge on any atom is 0.239 e. The average molecular weight is 431 g/mol. The minimum absolute atomic E-state index is 0.0875. The molecule has 0 bridgehead atoms. The van der Waals surface area contributed by atoms with Gasteiger partial charge >= 0.3 is 0 Å². The van der Waals surface area contributed by atoms with Gasteiger partial charge in [0.1, 0.15) is 11.4 Å². The van der Waals surface area contributed by atoms with E-state index in [0.29, 0.717) is 19.4 Å². The molecule has 0 spiro atoms. The highest BCUT2D eigenvalue weighted by Gasteiger charge is 2.50. The number of methoxy groups -OCH3 is 1. The normalized spacial score (nSPS) is 19.9. The second-order valence-corrected chi connectivity index (χ2v) is 8.11. The number of benzene rings is 1. The van der Waals surface area contributed by atoms with Crippen molar-refractivity contribution in [2.24, 2.45) is 0 Å². The van der Waals surface area contributed by atoms with Crippen molar-refractivity contribution in [3.05, 3.63) is 41.5 Å². The fourth-order valence-electron chi connectivity index (χ4n) is 3.24. The molecule has 2 amide bonds. The van der Waals surface area contributed by atoms with Gasteiger partial charge in [-0.15, -0.1) is 0 Å². The molecule has 3 rings (SSSR count). The van der Waals surface area contributed by atoms with E-state index in [1.807, 2.05) is 24.3 Å². The molecule has 0 saturated carbocycles. The Balaban J connectivity index is 0.000000316. The molecule has 1 aromatic carbocycles. The van der Waals surface area contributed by atoms with E-state index in [1.165, 1.54) is 11.1 Å². The number of allylic oxidation sites excluding steroid dienone is 1. The van der Waals surface area contributed by atoms with Gasteiger partial charge < -0.3 is 20.1 Å². The highest BCUT2D eigenvalue weighted by molar-refractivity contribution is 5.97. The standard InChI is InChI=1S/C16H24N2O4.C8H10O/c1-3-13(19)17-9-14(20)18-12(8-11-6-4-5-7-11)15(21)16(2)10-22-16;1-7-3-5-8(9-2)6-4-7/h6,12H,3-5,7-10H2,1-2H3,(H,17,19)(H,18,20);3-6H,1-2H3. The number of nitrogens with one attached hydrogen (secondary N) is 2. The summed E-state index contributed by atoms with van der Waals surface area (Å²) in [4.78, 5) is 35.6. The molecule has 1 aliphatic carbocycles. The van der Waals surface area contributed by atoms with E-state index in [0.717, 1.165) is 25.0 Å². The van der Waals surface area contributed by atoms with Gasteiger partial charge in [-0.2, -0.15) is 0 Å². The van der Waals surface area contributed by atoms with Gasteiger partial charge in [0.2, 0.25) is 11.8 Å². The lowest BCUT2D eigenvalue weighted by Crippen LogP contribution is -2.49. The fourth-order valence-corrected chi connectivity index (χ4v) is 3.24. The summed E-state index contributed by atoms with van der Waals surface area (Å²) in [5.41, 5.74) is 1.71. The molecule has 1 aromatic rings. The van der Waals surface area contributed by atoms with Crippen molar-refractivity contribution < 1.29 is 23.9 Å². The molecule has 2 N–H and O–H groups in total. The highest BCUT2D eigenvalue weighted by atomic mass is 16.6. The molecule has 7 heteroatoms. The van der Waals surface area contributed by atoms with Gasteiger partial charge in [0, 0.05) is 6.42 Å². The molecule has 170 valence electrons. The van der Waals surface area contributed by atoms with E-state index in [2.05, 4.69) is 23.6 Å². The first-order chi connectivity index (χ1) is 14.8. The predicted molar refractivity (Wildman–Crippen MR) is 119 cm³/mol. The number of Topliss-reactive ketones (excluding diaryl/α,β-unsaturated/α-hetero) is 1. The lowest BCUT2D eigenvalue weighted by Gasteiger charge is -2.20. The maximum atomic E-state index is 12.5. The molecule has 2 aliphatic rings. The van der Waals surface area contributed by atoms with Gasteiger partial charge in [-0.1, -0.05) is 36.3 Å². The third-order valence-electron chi connectivity index (χ3n) is 5.38. The fraction of sp³-hybridized carbons (Fsp3) is 0.542. The van der Waals surface area contributed by atoms with Crippen LogP contribution in [0.3, 0.4) is 0 Å². The number of hydrogen-bond acceptors (Lipinski definition) is 5. The van der Waals surface area contributed by atoms with Gasteiger partial charge in [0.15, 0.2) is 5.78 Å². The summed E-state index contributed by atoms with van der Waals surface area (Å²) in [6.07, 6.45) is 6.11. The molecular weight excluding hydrogens is 396 g/mol. The molecule has 2 unspecified atom stereocenters. The lowest BCUT2D eigenvalue weighted by atomic mass is 9.94. The van der Waals surface area contributed by atoms with Crippen molar-refractivity contribution in [2.75, 3.05) is 20.3 Å². The van der Waals surface area contributed by atoms with Gasteiger partial charge in [-0.25, -0.2) is 0 Å². The van der Waals surface area contributed by atoms with E-state index < -0.39 is 11.6 Å². The third-order valence-corrected chi connectivity index (χ3v) is 5.38. The Hall–Kier alpha value is -2.67. The van der Waals surface area contributed by atoms with E-state index in [9.17, 15) is 14.4 Å². The van der Waals surface area contributed by atoms with Crippen molar-refractivity contribution in [1.29, 1.82) is 0 Å². The molecule has 1 fully saturated rings. The second kappa shape index (κ2) is 11.6. The largest absolute Gasteiger partial charge is 0.497 e. The molecule has 1 saturated heterocycles. The van der Waals surface area contributed by atoms with Crippen molar-refractivity contribution in [1.82, 2.24) is 10.6 Å². The van der Waals surface area contributed by atoms with Gasteiger partial charge in [-0.3, -0.25) is 14.4 Å². The van der Waals surface area contributed by atoms with Crippen LogP contribution in [-0.4, -0.2) is 49.5 Å². The first-order valence-electron chi connectivity index (χ1n) is 10.8. The summed E-state index contributed by atoms with van der Waals surface area (Å²) in [7, 11) is 1.67. The van der Waals surface area contributed by atoms with Crippen LogP contribution in [0.4, 0.5) is 0 Å². The average Bonchev–Trinajstić information content (AvgIpc) is 3.31. The number of rotatable bonds is 9. The summed E-state index contributed by atoms with van der Waals surface area (Å²) < 4.78 is 10.2. The van der Waals surface area contributed by atoms with Crippen molar-refractivity contribution in [3.63, 3.8) is 0 Å². The summed E-state index contributed by atoms with van der Waals surface area (Å²) in [5, 5.41) is 5.26. The maximum absolute atomic E-state index is 12.5. The number of carbonyl (C=O) groups excluding carboxylic acids is 3. The Labute approximate surface area is 184 Å². The minimum Gasteiger partial charge on any atom is -0.497 e. The Morgan fingerprint density at radius 2 is 1.87 bits per heavy atom. The predicted octanol–water partition coefficient (Wildman–Crippen LogP) is 2.86. The number of epoxide rings is 1. The molecule has 0 aromatic heterocycles. The number of ether oxygens (including phenoxy) is 2. The van der Waals surface area contributed by atoms with Crippen molar-refractivity contribution >= 4 is 17.6 Å². The molecular formula is C24H34N2O5. The van der Waals surface area contributed by atoms with E-state index >= 15 is 0 Å². The zero-order valence-electron chi connectivity index (χ0n) is 19.0. The lowest BCUT2D eigenvalue weighted by molar-refractivity contribution is -0.130.